The number of benzene rings is 6. The van der Waals surface area contributed by atoms with E-state index in [2.05, 4.69) is 125 Å². The van der Waals surface area contributed by atoms with Gasteiger partial charge in [-0.1, -0.05) is 120 Å². The molecule has 0 fully saturated rings. The molecule has 0 amide bonds. The molecule has 56 heavy (non-hydrogen) atoms. The number of aromatic nitrogens is 3. The van der Waals surface area contributed by atoms with E-state index >= 15 is 0 Å². The van der Waals surface area contributed by atoms with E-state index in [-0.39, 0.29) is 0 Å². The topological polar surface area (TPSA) is 56.7 Å². The highest BCUT2D eigenvalue weighted by atomic mass is 127. The minimum absolute atomic E-state index is 0.488. The summed E-state index contributed by atoms with van der Waals surface area (Å²) < 4.78 is 43.8. The summed E-state index contributed by atoms with van der Waals surface area (Å²) in [7, 11) is 0. The second kappa shape index (κ2) is 14.4. The minimum atomic E-state index is -4.46. The average Bonchev–Trinajstić information content (AvgIpc) is 3.55. The number of rotatable bonds is 7. The first-order chi connectivity index (χ1) is 27.3. The van der Waals surface area contributed by atoms with Gasteiger partial charge in [0.15, 0.2) is 0 Å². The molecule has 6 aromatic carbocycles. The Bertz CT molecular complexity index is 2950. The first-order valence-electron chi connectivity index (χ1n) is 18.0. The van der Waals surface area contributed by atoms with Crippen molar-refractivity contribution in [2.24, 2.45) is 5.73 Å². The number of nitrogens with zero attached hydrogens (tertiary/aromatic N) is 3. The van der Waals surface area contributed by atoms with Crippen LogP contribution in [-0.4, -0.2) is 14.5 Å². The molecule has 3 aromatic heterocycles. The van der Waals surface area contributed by atoms with E-state index in [0.717, 1.165) is 55.8 Å². The fraction of sp³-hybridized carbons (Fsp3) is 0.0417. The maximum absolute atomic E-state index is 13.8. The fourth-order valence-electron chi connectivity index (χ4n) is 7.89. The fourth-order valence-corrected chi connectivity index (χ4v) is 8.69. The molecule has 9 rings (SSSR count). The predicted octanol–water partition coefficient (Wildman–Crippen LogP) is 13.3. The summed E-state index contributed by atoms with van der Waals surface area (Å²) in [5.41, 5.74) is 16.3. The first kappa shape index (κ1) is 35.4. The van der Waals surface area contributed by atoms with Gasteiger partial charge >= 0.3 is 6.18 Å². The Balaban J connectivity index is 1.20. The smallest absolute Gasteiger partial charge is 0.405 e. The molecule has 0 saturated carbocycles. The zero-order chi connectivity index (χ0) is 38.4. The van der Waals surface area contributed by atoms with Gasteiger partial charge in [0.25, 0.3) is 0 Å². The van der Waals surface area contributed by atoms with E-state index in [9.17, 15) is 13.2 Å². The summed E-state index contributed by atoms with van der Waals surface area (Å²) in [6.07, 6.45) is 5.85. The van der Waals surface area contributed by atoms with Crippen molar-refractivity contribution in [2.75, 3.05) is 0 Å². The molecule has 0 aliphatic rings. The molecule has 0 unspecified atom stereocenters. The summed E-state index contributed by atoms with van der Waals surface area (Å²) in [5.74, 6) is 0. The number of hydrogen-bond acceptors (Lipinski definition) is 3. The second-order valence-electron chi connectivity index (χ2n) is 13.6. The molecule has 3 heterocycles. The molecule has 0 saturated heterocycles. The standard InChI is InChI=1S/C48H32F3IN4/c49-48(50,51)36-16-18-44-41(24-36)43(25-52)45(19-20-53)56(44)37-22-35(28-55-29-37)34-21-33(26-54-27-34)32-15-17-40-42(23-32)47(31-11-5-2-6-12-31)39-14-8-7-13-38(39)46(40)30-9-3-1-4-10-30/h1-24,26-29H,25,53H2/b20-19-. The Morgan fingerprint density at radius 1 is 0.554 bits per heavy atom. The molecular weight excluding hydrogens is 816 g/mol. The van der Waals surface area contributed by atoms with Crippen LogP contribution in [0.25, 0.3) is 88.7 Å². The Morgan fingerprint density at radius 3 is 1.75 bits per heavy atom. The third-order valence-corrected chi connectivity index (χ3v) is 11.1. The molecule has 4 nitrogen and oxygen atoms in total. The number of hydrogen-bond donors (Lipinski definition) is 1. The molecule has 272 valence electrons. The Morgan fingerprint density at radius 2 is 1.12 bits per heavy atom. The van der Waals surface area contributed by atoms with Crippen LogP contribution < -0.4 is 5.73 Å². The highest BCUT2D eigenvalue weighted by molar-refractivity contribution is 14.1. The van der Waals surface area contributed by atoms with Gasteiger partial charge in [0.1, 0.15) is 0 Å². The van der Waals surface area contributed by atoms with Crippen molar-refractivity contribution in [2.45, 2.75) is 10.6 Å². The van der Waals surface area contributed by atoms with E-state index in [1.165, 1.54) is 40.2 Å². The van der Waals surface area contributed by atoms with Crippen molar-refractivity contribution in [3.63, 3.8) is 0 Å². The molecule has 0 bridgehead atoms. The van der Waals surface area contributed by atoms with Crippen molar-refractivity contribution >= 4 is 61.1 Å². The van der Waals surface area contributed by atoms with Gasteiger partial charge in [0.2, 0.25) is 0 Å². The molecule has 0 aliphatic heterocycles. The van der Waals surface area contributed by atoms with Crippen molar-refractivity contribution in [1.82, 2.24) is 14.5 Å². The molecule has 2 N–H and O–H groups in total. The molecule has 0 aliphatic carbocycles. The highest BCUT2D eigenvalue weighted by Gasteiger charge is 2.31. The van der Waals surface area contributed by atoms with E-state index in [4.69, 9.17) is 10.7 Å². The van der Waals surface area contributed by atoms with Crippen LogP contribution >= 0.6 is 22.6 Å². The van der Waals surface area contributed by atoms with Gasteiger partial charge in [-0.2, -0.15) is 13.2 Å². The summed E-state index contributed by atoms with van der Waals surface area (Å²) in [4.78, 5) is 9.30. The monoisotopic (exact) mass is 848 g/mol. The number of nitrogens with two attached hydrogens (primary N) is 1. The lowest BCUT2D eigenvalue weighted by Gasteiger charge is -2.18. The third-order valence-electron chi connectivity index (χ3n) is 10.4. The van der Waals surface area contributed by atoms with Crippen LogP contribution in [0.15, 0.2) is 164 Å². The van der Waals surface area contributed by atoms with Crippen molar-refractivity contribution in [1.29, 1.82) is 0 Å². The van der Waals surface area contributed by atoms with E-state index in [0.29, 0.717) is 26.7 Å². The number of halogens is 4. The SMILES string of the molecule is N/C=C\c1c(CI)c2cc(C(F)(F)F)ccc2n1-c1cncc(-c2cncc(-c3ccc4c(-c5ccccc5)c5ccccc5c(-c5ccccc5)c4c3)c2)c1. The molecule has 8 heteroatoms. The van der Waals surface area contributed by atoms with Crippen molar-refractivity contribution in [3.8, 4) is 50.2 Å². The van der Waals surface area contributed by atoms with Gasteiger partial charge in [0.05, 0.1) is 28.7 Å². The molecule has 0 atom stereocenters. The van der Waals surface area contributed by atoms with Gasteiger partial charge in [-0.05, 0) is 104 Å². The van der Waals surface area contributed by atoms with Crippen LogP contribution in [0.1, 0.15) is 16.8 Å². The van der Waals surface area contributed by atoms with Gasteiger partial charge in [-0.15, -0.1) is 0 Å². The van der Waals surface area contributed by atoms with Crippen LogP contribution in [0.3, 0.4) is 0 Å². The summed E-state index contributed by atoms with van der Waals surface area (Å²) >= 11 is 2.18. The van der Waals surface area contributed by atoms with Crippen LogP contribution in [0.2, 0.25) is 0 Å². The van der Waals surface area contributed by atoms with Gasteiger partial charge < -0.3 is 10.3 Å². The predicted molar refractivity (Wildman–Crippen MR) is 232 cm³/mol. The maximum atomic E-state index is 13.8. The Labute approximate surface area is 334 Å². The zero-order valence-electron chi connectivity index (χ0n) is 29.8. The van der Waals surface area contributed by atoms with E-state index in [1.54, 1.807) is 18.5 Å². The number of fused-ring (bicyclic) bond motifs is 3. The maximum Gasteiger partial charge on any atom is 0.416 e. The lowest BCUT2D eigenvalue weighted by molar-refractivity contribution is -0.137. The van der Waals surface area contributed by atoms with Crippen LogP contribution in [0.4, 0.5) is 13.2 Å². The lowest BCUT2D eigenvalue weighted by Crippen LogP contribution is -2.04. The average molecular weight is 849 g/mol. The van der Waals surface area contributed by atoms with Crippen molar-refractivity contribution < 1.29 is 13.2 Å². The summed E-state index contributed by atoms with van der Waals surface area (Å²) in [5, 5.41) is 5.19. The van der Waals surface area contributed by atoms with Gasteiger partial charge in [-0.25, -0.2) is 0 Å². The Kier molecular flexibility index (Phi) is 9.13. The first-order valence-corrected chi connectivity index (χ1v) is 19.6. The van der Waals surface area contributed by atoms with E-state index < -0.39 is 11.7 Å². The summed E-state index contributed by atoms with van der Waals surface area (Å²) in [6, 6.07) is 44.3. The quantitative estimate of drug-likeness (QED) is 0.0987. The Hall–Kier alpha value is -6.26. The molecule has 9 aromatic rings. The number of pyridine rings is 2. The zero-order valence-corrected chi connectivity index (χ0v) is 32.0. The van der Waals surface area contributed by atoms with Crippen LogP contribution in [-0.2, 0) is 10.6 Å². The van der Waals surface area contributed by atoms with Gasteiger partial charge in [-0.3, -0.25) is 9.97 Å². The van der Waals surface area contributed by atoms with Crippen LogP contribution in [0.5, 0.6) is 0 Å². The largest absolute Gasteiger partial charge is 0.416 e. The second-order valence-corrected chi connectivity index (χ2v) is 14.4. The summed E-state index contributed by atoms with van der Waals surface area (Å²) in [6.45, 7) is 0. The molecule has 0 radical (unpaired) electrons. The third kappa shape index (κ3) is 6.20. The normalized spacial score (nSPS) is 12.0. The van der Waals surface area contributed by atoms with Crippen LogP contribution in [0, 0.1) is 0 Å². The van der Waals surface area contributed by atoms with Gasteiger partial charge in [0, 0.05) is 45.1 Å². The molecule has 0 spiro atoms. The number of alkyl halides is 4. The highest BCUT2D eigenvalue weighted by Crippen LogP contribution is 2.45. The van der Waals surface area contributed by atoms with E-state index in [1.807, 2.05) is 35.2 Å². The molecular formula is C48H32F3IN4. The van der Waals surface area contributed by atoms with Crippen molar-refractivity contribution in [3.05, 3.63) is 181 Å². The minimum Gasteiger partial charge on any atom is -0.405 e. The lowest BCUT2D eigenvalue weighted by atomic mass is 9.85.